The van der Waals surface area contributed by atoms with E-state index in [2.05, 4.69) is 63.7 Å². The molecule has 2 aromatic rings. The van der Waals surface area contributed by atoms with Crippen molar-refractivity contribution in [3.63, 3.8) is 0 Å². The number of hydrogen-bond donors (Lipinski definition) is 1. The second-order valence-electron chi connectivity index (χ2n) is 6.70. The molecule has 2 aliphatic heterocycles. The third-order valence-electron chi connectivity index (χ3n) is 5.00. The number of halogens is 1. The van der Waals surface area contributed by atoms with Crippen LogP contribution in [0.4, 0.5) is 0 Å². The molecule has 4 rings (SSSR count). The van der Waals surface area contributed by atoms with Gasteiger partial charge in [0.1, 0.15) is 0 Å². The van der Waals surface area contributed by atoms with Crippen molar-refractivity contribution < 1.29 is 9.47 Å². The summed E-state index contributed by atoms with van der Waals surface area (Å²) in [5.74, 6) is 2.63. The summed E-state index contributed by atoms with van der Waals surface area (Å²) in [5, 5.41) is 3.48. The first-order chi connectivity index (χ1) is 13.3. The quantitative estimate of drug-likeness (QED) is 0.400. The Hall–Kier alpha value is -2.22. The first-order valence-corrected chi connectivity index (χ1v) is 9.42. The number of fused-ring (bicyclic) bond motifs is 1. The molecule has 2 aliphatic rings. The molecule has 0 fully saturated rings. The summed E-state index contributed by atoms with van der Waals surface area (Å²) in [5.41, 5.74) is 3.97. The number of rotatable bonds is 4. The van der Waals surface area contributed by atoms with Crippen molar-refractivity contribution in [1.29, 1.82) is 0 Å². The number of aliphatic imine (C=N–C) groups is 1. The minimum atomic E-state index is 0. The molecule has 2 aromatic carbocycles. The molecular weight excluding hydrogens is 465 g/mol. The molecule has 1 N–H and O–H groups in total. The Morgan fingerprint density at radius 3 is 2.68 bits per heavy atom. The Balaban J connectivity index is 0.00000225. The maximum absolute atomic E-state index is 5.45. The summed E-state index contributed by atoms with van der Waals surface area (Å²) >= 11 is 0. The second-order valence-corrected chi connectivity index (χ2v) is 6.70. The van der Waals surface area contributed by atoms with Gasteiger partial charge in [-0.1, -0.05) is 42.5 Å². The SMILES string of the molecule is CN=C(NCCc1ccc2c(c1)OCO2)N1CC=C(c2ccccc2)CC1.I. The zero-order valence-electron chi connectivity index (χ0n) is 16.1. The van der Waals surface area contributed by atoms with Gasteiger partial charge in [-0.3, -0.25) is 4.99 Å². The van der Waals surface area contributed by atoms with Crippen LogP contribution in [0, 0.1) is 0 Å². The first kappa shape index (κ1) is 20.5. The van der Waals surface area contributed by atoms with Crippen LogP contribution in [0.5, 0.6) is 11.5 Å². The Kier molecular flexibility index (Phi) is 7.19. The van der Waals surface area contributed by atoms with Crippen LogP contribution in [-0.2, 0) is 6.42 Å². The number of ether oxygens (including phenoxy) is 2. The van der Waals surface area contributed by atoms with Gasteiger partial charge >= 0.3 is 0 Å². The number of guanidine groups is 1. The maximum Gasteiger partial charge on any atom is 0.231 e. The predicted octanol–water partition coefficient (Wildman–Crippen LogP) is 3.94. The Labute approximate surface area is 183 Å². The van der Waals surface area contributed by atoms with E-state index in [1.165, 1.54) is 16.7 Å². The van der Waals surface area contributed by atoms with Gasteiger partial charge in [0.05, 0.1) is 0 Å². The largest absolute Gasteiger partial charge is 0.454 e. The smallest absolute Gasteiger partial charge is 0.231 e. The van der Waals surface area contributed by atoms with Crippen molar-refractivity contribution >= 4 is 35.5 Å². The summed E-state index contributed by atoms with van der Waals surface area (Å²) in [6.07, 6.45) is 4.25. The van der Waals surface area contributed by atoms with E-state index in [9.17, 15) is 0 Å². The fourth-order valence-electron chi connectivity index (χ4n) is 3.52. The molecule has 0 unspecified atom stereocenters. The van der Waals surface area contributed by atoms with Gasteiger partial charge in [-0.25, -0.2) is 0 Å². The highest BCUT2D eigenvalue weighted by molar-refractivity contribution is 14.0. The first-order valence-electron chi connectivity index (χ1n) is 9.42. The molecule has 5 nitrogen and oxygen atoms in total. The van der Waals surface area contributed by atoms with Gasteiger partial charge in [0.25, 0.3) is 0 Å². The molecule has 148 valence electrons. The Morgan fingerprint density at radius 1 is 1.11 bits per heavy atom. The average Bonchev–Trinajstić information content (AvgIpc) is 3.20. The van der Waals surface area contributed by atoms with Crippen molar-refractivity contribution in [3.8, 4) is 11.5 Å². The van der Waals surface area contributed by atoms with Gasteiger partial charge in [-0.2, -0.15) is 0 Å². The lowest BCUT2D eigenvalue weighted by Gasteiger charge is -2.29. The van der Waals surface area contributed by atoms with E-state index in [4.69, 9.17) is 9.47 Å². The van der Waals surface area contributed by atoms with Crippen molar-refractivity contribution in [1.82, 2.24) is 10.2 Å². The third-order valence-corrected chi connectivity index (χ3v) is 5.00. The molecule has 28 heavy (non-hydrogen) atoms. The third kappa shape index (κ3) is 4.79. The van der Waals surface area contributed by atoms with Gasteiger partial charge in [-0.15, -0.1) is 24.0 Å². The second kappa shape index (κ2) is 9.82. The van der Waals surface area contributed by atoms with Crippen LogP contribution in [-0.4, -0.2) is 44.3 Å². The minimum Gasteiger partial charge on any atom is -0.454 e. The molecule has 0 spiro atoms. The van der Waals surface area contributed by atoms with Gasteiger partial charge in [0.2, 0.25) is 6.79 Å². The van der Waals surface area contributed by atoms with Crippen LogP contribution >= 0.6 is 24.0 Å². The molecule has 0 aliphatic carbocycles. The van der Waals surface area contributed by atoms with Crippen LogP contribution in [0.2, 0.25) is 0 Å². The molecule has 0 amide bonds. The molecular formula is C22H26IN3O2. The maximum atomic E-state index is 5.45. The fraction of sp³-hybridized carbons (Fsp3) is 0.318. The molecule has 0 atom stereocenters. The highest BCUT2D eigenvalue weighted by Gasteiger charge is 2.16. The monoisotopic (exact) mass is 491 g/mol. The lowest BCUT2D eigenvalue weighted by atomic mass is 10.00. The average molecular weight is 491 g/mol. The molecule has 0 saturated carbocycles. The van der Waals surface area contributed by atoms with E-state index < -0.39 is 0 Å². The normalized spacial score (nSPS) is 15.7. The number of nitrogens with one attached hydrogen (secondary N) is 1. The molecule has 0 radical (unpaired) electrons. The van der Waals surface area contributed by atoms with Gasteiger partial charge in [0.15, 0.2) is 17.5 Å². The Bertz CT molecular complexity index is 852. The summed E-state index contributed by atoms with van der Waals surface area (Å²) in [4.78, 5) is 6.75. The van der Waals surface area contributed by atoms with Gasteiger partial charge in [0, 0.05) is 26.7 Å². The Morgan fingerprint density at radius 2 is 1.93 bits per heavy atom. The van der Waals surface area contributed by atoms with Gasteiger partial charge < -0.3 is 19.7 Å². The van der Waals surface area contributed by atoms with E-state index in [0.717, 1.165) is 49.9 Å². The lowest BCUT2D eigenvalue weighted by molar-refractivity contribution is 0.174. The van der Waals surface area contributed by atoms with E-state index in [1.807, 2.05) is 13.1 Å². The number of nitrogens with zero attached hydrogens (tertiary/aromatic N) is 2. The highest BCUT2D eigenvalue weighted by Crippen LogP contribution is 2.32. The fourth-order valence-corrected chi connectivity index (χ4v) is 3.52. The van der Waals surface area contributed by atoms with E-state index in [-0.39, 0.29) is 24.0 Å². The number of benzene rings is 2. The van der Waals surface area contributed by atoms with Crippen molar-refractivity contribution in [2.75, 3.05) is 33.5 Å². The molecule has 0 bridgehead atoms. The lowest BCUT2D eigenvalue weighted by Crippen LogP contribution is -2.44. The summed E-state index contributed by atoms with van der Waals surface area (Å²) in [7, 11) is 1.85. The topological polar surface area (TPSA) is 46.1 Å². The summed E-state index contributed by atoms with van der Waals surface area (Å²) in [6.45, 7) is 3.01. The van der Waals surface area contributed by atoms with Crippen LogP contribution in [0.3, 0.4) is 0 Å². The highest BCUT2D eigenvalue weighted by atomic mass is 127. The van der Waals surface area contributed by atoms with Crippen molar-refractivity contribution in [2.24, 2.45) is 4.99 Å². The van der Waals surface area contributed by atoms with Crippen LogP contribution in [0.15, 0.2) is 59.6 Å². The minimum absolute atomic E-state index is 0. The predicted molar refractivity (Wildman–Crippen MR) is 124 cm³/mol. The van der Waals surface area contributed by atoms with Crippen LogP contribution in [0.1, 0.15) is 17.5 Å². The summed E-state index contributed by atoms with van der Waals surface area (Å²) < 4.78 is 10.8. The summed E-state index contributed by atoms with van der Waals surface area (Å²) in [6, 6.07) is 16.7. The molecule has 0 aromatic heterocycles. The zero-order chi connectivity index (χ0) is 18.5. The van der Waals surface area contributed by atoms with Crippen molar-refractivity contribution in [3.05, 3.63) is 65.7 Å². The standard InChI is InChI=1S/C22H25N3O2.HI/c1-23-22(24-12-9-17-7-8-20-21(15-17)27-16-26-20)25-13-10-19(11-14-25)18-5-3-2-4-6-18;/h2-8,10,15H,9,11-14,16H2,1H3,(H,23,24);1H. The van der Waals surface area contributed by atoms with E-state index in [0.29, 0.717) is 6.79 Å². The van der Waals surface area contributed by atoms with Crippen LogP contribution in [0.25, 0.3) is 5.57 Å². The molecule has 2 heterocycles. The number of hydrogen-bond acceptors (Lipinski definition) is 3. The zero-order valence-corrected chi connectivity index (χ0v) is 18.4. The van der Waals surface area contributed by atoms with Crippen molar-refractivity contribution in [2.45, 2.75) is 12.8 Å². The van der Waals surface area contributed by atoms with E-state index >= 15 is 0 Å². The van der Waals surface area contributed by atoms with Gasteiger partial charge in [-0.05, 0) is 41.7 Å². The molecule has 0 saturated heterocycles. The molecule has 6 heteroatoms. The van der Waals surface area contributed by atoms with Crippen LogP contribution < -0.4 is 14.8 Å². The van der Waals surface area contributed by atoms with E-state index in [1.54, 1.807) is 0 Å².